The molecule has 0 spiro atoms. The van der Waals surface area contributed by atoms with Crippen molar-refractivity contribution < 1.29 is 0 Å². The van der Waals surface area contributed by atoms with Crippen molar-refractivity contribution in [2.45, 2.75) is 39.2 Å². The Morgan fingerprint density at radius 1 is 1.44 bits per heavy atom. The van der Waals surface area contributed by atoms with Gasteiger partial charge < -0.3 is 10.6 Å². The molecule has 18 heavy (non-hydrogen) atoms. The zero-order valence-corrected chi connectivity index (χ0v) is 12.9. The lowest BCUT2D eigenvalue weighted by molar-refractivity contribution is 0.318. The third kappa shape index (κ3) is 3.07. The maximum Gasteiger partial charge on any atom is 0.0425 e. The van der Waals surface area contributed by atoms with E-state index in [0.29, 0.717) is 0 Å². The molecular formula is C15H23BrN2. The molecule has 1 atom stereocenters. The van der Waals surface area contributed by atoms with E-state index in [-0.39, 0.29) is 6.04 Å². The van der Waals surface area contributed by atoms with E-state index < -0.39 is 0 Å². The zero-order chi connectivity index (χ0) is 13.1. The van der Waals surface area contributed by atoms with Gasteiger partial charge in [-0.05, 0) is 50.3 Å². The maximum atomic E-state index is 6.09. The van der Waals surface area contributed by atoms with Crippen molar-refractivity contribution in [3.8, 4) is 0 Å². The molecule has 100 valence electrons. The standard InChI is InChI=1S/C15H23BrN2/c1-3-18(10-12-5-4-6-12)15-9-13(16)7-8-14(15)11(2)17/h7-9,11-12H,3-6,10,17H2,1-2H3. The first-order chi connectivity index (χ1) is 8.61. The summed E-state index contributed by atoms with van der Waals surface area (Å²) in [6, 6.07) is 6.52. The highest BCUT2D eigenvalue weighted by atomic mass is 79.9. The van der Waals surface area contributed by atoms with Crippen LogP contribution in [-0.2, 0) is 0 Å². The first-order valence-electron chi connectivity index (χ1n) is 6.91. The van der Waals surface area contributed by atoms with Crippen LogP contribution in [0.25, 0.3) is 0 Å². The van der Waals surface area contributed by atoms with Gasteiger partial charge in [-0.1, -0.05) is 28.4 Å². The van der Waals surface area contributed by atoms with E-state index in [0.717, 1.165) is 16.9 Å². The van der Waals surface area contributed by atoms with E-state index in [1.54, 1.807) is 0 Å². The second kappa shape index (κ2) is 6.07. The van der Waals surface area contributed by atoms with Crippen LogP contribution in [0.5, 0.6) is 0 Å². The van der Waals surface area contributed by atoms with Crippen LogP contribution < -0.4 is 10.6 Å². The summed E-state index contributed by atoms with van der Waals surface area (Å²) in [6.07, 6.45) is 4.18. The van der Waals surface area contributed by atoms with E-state index in [2.05, 4.69) is 52.9 Å². The Bertz CT molecular complexity index is 399. The second-order valence-corrected chi connectivity index (χ2v) is 6.24. The molecule has 0 radical (unpaired) electrons. The minimum atomic E-state index is 0.0866. The Hall–Kier alpha value is -0.540. The van der Waals surface area contributed by atoms with Gasteiger partial charge in [-0.3, -0.25) is 0 Å². The highest BCUT2D eigenvalue weighted by Crippen LogP contribution is 2.33. The van der Waals surface area contributed by atoms with Crippen molar-refractivity contribution in [2.75, 3.05) is 18.0 Å². The van der Waals surface area contributed by atoms with E-state index in [9.17, 15) is 0 Å². The third-order valence-corrected chi connectivity index (χ3v) is 4.40. The molecule has 0 heterocycles. The number of anilines is 1. The average Bonchev–Trinajstić information content (AvgIpc) is 2.27. The fourth-order valence-electron chi connectivity index (χ4n) is 2.56. The van der Waals surface area contributed by atoms with Crippen molar-refractivity contribution in [3.05, 3.63) is 28.2 Å². The number of nitrogens with two attached hydrogens (primary N) is 1. The number of hydrogen-bond acceptors (Lipinski definition) is 2. The average molecular weight is 311 g/mol. The molecule has 0 bridgehead atoms. The van der Waals surface area contributed by atoms with Crippen molar-refractivity contribution in [1.82, 2.24) is 0 Å². The number of benzene rings is 1. The summed E-state index contributed by atoms with van der Waals surface area (Å²) in [7, 11) is 0. The van der Waals surface area contributed by atoms with Gasteiger partial charge in [0.1, 0.15) is 0 Å². The number of halogens is 1. The molecule has 0 amide bonds. The van der Waals surface area contributed by atoms with E-state index in [1.807, 2.05) is 0 Å². The molecule has 1 aromatic carbocycles. The van der Waals surface area contributed by atoms with E-state index in [1.165, 1.54) is 37.1 Å². The molecule has 1 aliphatic carbocycles. The lowest BCUT2D eigenvalue weighted by Crippen LogP contribution is -2.33. The van der Waals surface area contributed by atoms with Gasteiger partial charge in [0.2, 0.25) is 0 Å². The molecule has 1 fully saturated rings. The second-order valence-electron chi connectivity index (χ2n) is 5.33. The van der Waals surface area contributed by atoms with Crippen LogP contribution in [0, 0.1) is 5.92 Å². The van der Waals surface area contributed by atoms with Gasteiger partial charge >= 0.3 is 0 Å². The Labute approximate surface area is 119 Å². The van der Waals surface area contributed by atoms with E-state index >= 15 is 0 Å². The third-order valence-electron chi connectivity index (χ3n) is 3.91. The topological polar surface area (TPSA) is 29.3 Å². The smallest absolute Gasteiger partial charge is 0.0425 e. The van der Waals surface area contributed by atoms with Crippen LogP contribution >= 0.6 is 15.9 Å². The number of rotatable bonds is 5. The lowest BCUT2D eigenvalue weighted by Gasteiger charge is -2.34. The van der Waals surface area contributed by atoms with Crippen LogP contribution in [0.4, 0.5) is 5.69 Å². The number of nitrogens with zero attached hydrogens (tertiary/aromatic N) is 1. The first kappa shape index (κ1) is 13.9. The molecule has 3 heteroatoms. The van der Waals surface area contributed by atoms with Crippen LogP contribution in [0.15, 0.2) is 22.7 Å². The highest BCUT2D eigenvalue weighted by molar-refractivity contribution is 9.10. The van der Waals surface area contributed by atoms with Gasteiger partial charge in [-0.25, -0.2) is 0 Å². The fraction of sp³-hybridized carbons (Fsp3) is 0.600. The monoisotopic (exact) mass is 310 g/mol. The summed E-state index contributed by atoms with van der Waals surface area (Å²) in [4.78, 5) is 2.48. The Morgan fingerprint density at radius 2 is 2.17 bits per heavy atom. The minimum absolute atomic E-state index is 0.0866. The van der Waals surface area contributed by atoms with Gasteiger partial charge in [0.05, 0.1) is 0 Å². The Kier molecular flexibility index (Phi) is 4.68. The molecule has 2 nitrogen and oxygen atoms in total. The van der Waals surface area contributed by atoms with E-state index in [4.69, 9.17) is 5.73 Å². The fourth-order valence-corrected chi connectivity index (χ4v) is 2.91. The maximum absolute atomic E-state index is 6.09. The van der Waals surface area contributed by atoms with Gasteiger partial charge in [0.15, 0.2) is 0 Å². The Morgan fingerprint density at radius 3 is 2.67 bits per heavy atom. The molecule has 0 aromatic heterocycles. The summed E-state index contributed by atoms with van der Waals surface area (Å²) in [5, 5.41) is 0. The van der Waals surface area contributed by atoms with Crippen LogP contribution in [-0.4, -0.2) is 13.1 Å². The molecular weight excluding hydrogens is 288 g/mol. The first-order valence-corrected chi connectivity index (χ1v) is 7.71. The summed E-state index contributed by atoms with van der Waals surface area (Å²) >= 11 is 3.57. The molecule has 1 aliphatic rings. The van der Waals surface area contributed by atoms with Gasteiger partial charge in [0.25, 0.3) is 0 Å². The molecule has 2 rings (SSSR count). The summed E-state index contributed by atoms with van der Waals surface area (Å²) in [5.74, 6) is 0.880. The van der Waals surface area contributed by atoms with Crippen molar-refractivity contribution >= 4 is 21.6 Å². The van der Waals surface area contributed by atoms with Crippen LogP contribution in [0.2, 0.25) is 0 Å². The Balaban J connectivity index is 2.24. The summed E-state index contributed by atoms with van der Waals surface area (Å²) in [5.41, 5.74) is 8.64. The molecule has 0 aliphatic heterocycles. The van der Waals surface area contributed by atoms with Gasteiger partial charge in [-0.15, -0.1) is 0 Å². The van der Waals surface area contributed by atoms with Crippen molar-refractivity contribution in [3.63, 3.8) is 0 Å². The van der Waals surface area contributed by atoms with Crippen LogP contribution in [0.3, 0.4) is 0 Å². The molecule has 2 N–H and O–H groups in total. The zero-order valence-electron chi connectivity index (χ0n) is 11.3. The quantitative estimate of drug-likeness (QED) is 0.887. The lowest BCUT2D eigenvalue weighted by atomic mass is 9.85. The van der Waals surface area contributed by atoms with Gasteiger partial charge in [0, 0.05) is 29.3 Å². The SMILES string of the molecule is CCN(CC1CCC1)c1cc(Br)ccc1C(C)N. The molecule has 0 saturated heterocycles. The van der Waals surface area contributed by atoms with Crippen molar-refractivity contribution in [2.24, 2.45) is 11.7 Å². The normalized spacial score (nSPS) is 17.3. The number of hydrogen-bond donors (Lipinski definition) is 1. The minimum Gasteiger partial charge on any atom is -0.371 e. The molecule has 1 saturated carbocycles. The molecule has 1 aromatic rings. The highest BCUT2D eigenvalue weighted by Gasteiger charge is 2.22. The predicted octanol–water partition coefficient (Wildman–Crippen LogP) is 4.10. The summed E-state index contributed by atoms with van der Waals surface area (Å²) in [6.45, 7) is 6.51. The molecule has 1 unspecified atom stereocenters. The van der Waals surface area contributed by atoms with Crippen molar-refractivity contribution in [1.29, 1.82) is 0 Å². The summed E-state index contributed by atoms with van der Waals surface area (Å²) < 4.78 is 1.13. The van der Waals surface area contributed by atoms with Crippen LogP contribution in [0.1, 0.15) is 44.7 Å². The largest absolute Gasteiger partial charge is 0.371 e. The van der Waals surface area contributed by atoms with Gasteiger partial charge in [-0.2, -0.15) is 0 Å². The predicted molar refractivity (Wildman–Crippen MR) is 82.0 cm³/mol.